The number of hydrogen-bond donors (Lipinski definition) is 1. The van der Waals surface area contributed by atoms with Crippen LogP contribution < -0.4 is 0 Å². The topological polar surface area (TPSA) is 37.3 Å². The lowest BCUT2D eigenvalue weighted by Crippen LogP contribution is -2.54. The van der Waals surface area contributed by atoms with Crippen LogP contribution in [0.4, 0.5) is 0 Å². The van der Waals surface area contributed by atoms with Crippen LogP contribution in [-0.4, -0.2) is 10.9 Å². The van der Waals surface area contributed by atoms with Crippen LogP contribution in [0.3, 0.4) is 0 Å². The maximum atomic E-state index is 12.6. The van der Waals surface area contributed by atoms with Crippen molar-refractivity contribution >= 4 is 5.78 Å². The van der Waals surface area contributed by atoms with Gasteiger partial charge in [-0.25, -0.2) is 0 Å². The first kappa shape index (κ1) is 16.6. The maximum Gasteiger partial charge on any atom is 0.139 e. The average molecular weight is 365 g/mol. The minimum absolute atomic E-state index is 0.00447. The minimum atomic E-state index is 0.00447. The Balaban J connectivity index is 1.29. The van der Waals surface area contributed by atoms with Crippen molar-refractivity contribution in [3.63, 3.8) is 0 Å². The Morgan fingerprint density at radius 2 is 1.81 bits per heavy atom. The zero-order valence-electron chi connectivity index (χ0n) is 16.8. The third kappa shape index (κ3) is 1.90. The summed E-state index contributed by atoms with van der Waals surface area (Å²) in [5.74, 6) is 4.08. The highest BCUT2D eigenvalue weighted by molar-refractivity contribution is 5.87. The quantitative estimate of drug-likeness (QED) is 0.650. The van der Waals surface area contributed by atoms with Gasteiger partial charge < -0.3 is 5.11 Å². The molecule has 0 amide bonds. The lowest BCUT2D eigenvalue weighted by molar-refractivity contribution is -0.139. The third-order valence-electron chi connectivity index (χ3n) is 10.4. The van der Waals surface area contributed by atoms with Crippen molar-refractivity contribution in [3.05, 3.63) is 29.3 Å². The second-order valence-electron chi connectivity index (χ2n) is 11.1. The summed E-state index contributed by atoms with van der Waals surface area (Å²) in [7, 11) is 0. The summed E-state index contributed by atoms with van der Waals surface area (Å²) in [5, 5.41) is 9.90. The van der Waals surface area contributed by atoms with Crippen molar-refractivity contribution in [1.82, 2.24) is 0 Å². The highest BCUT2D eigenvalue weighted by Crippen LogP contribution is 2.71. The van der Waals surface area contributed by atoms with Crippen LogP contribution in [0.5, 0.6) is 5.75 Å². The van der Waals surface area contributed by atoms with Gasteiger partial charge in [0.1, 0.15) is 11.5 Å². The number of rotatable bonds is 0. The fourth-order valence-corrected chi connectivity index (χ4v) is 8.76. The van der Waals surface area contributed by atoms with E-state index in [1.807, 2.05) is 12.1 Å². The normalized spacial score (nSPS) is 49.9. The summed E-state index contributed by atoms with van der Waals surface area (Å²) >= 11 is 0. The third-order valence-corrected chi connectivity index (χ3v) is 10.4. The Bertz CT molecular complexity index is 843. The summed E-state index contributed by atoms with van der Waals surface area (Å²) < 4.78 is 0. The summed E-state index contributed by atoms with van der Waals surface area (Å²) in [5.41, 5.74) is 3.71. The molecule has 5 aliphatic carbocycles. The van der Waals surface area contributed by atoms with Crippen molar-refractivity contribution in [2.75, 3.05) is 0 Å². The minimum Gasteiger partial charge on any atom is -0.508 e. The molecule has 0 heterocycles. The number of phenolic OH excluding ortho intramolecular Hbond substituents is 1. The molecule has 4 saturated carbocycles. The van der Waals surface area contributed by atoms with E-state index in [-0.39, 0.29) is 5.41 Å². The molecule has 4 fully saturated rings. The highest BCUT2D eigenvalue weighted by atomic mass is 16.3. The molecule has 5 aliphatic rings. The molecule has 0 radical (unpaired) electrons. The predicted octanol–water partition coefficient (Wildman–Crippen LogP) is 5.60. The number of hydrogen-bond acceptors (Lipinski definition) is 2. The van der Waals surface area contributed by atoms with E-state index >= 15 is 0 Å². The second-order valence-corrected chi connectivity index (χ2v) is 11.1. The maximum absolute atomic E-state index is 12.6. The predicted molar refractivity (Wildman–Crippen MR) is 106 cm³/mol. The molecule has 144 valence electrons. The largest absolute Gasteiger partial charge is 0.508 e. The first-order valence-electron chi connectivity index (χ1n) is 11.3. The van der Waals surface area contributed by atoms with Crippen molar-refractivity contribution in [2.45, 2.75) is 77.0 Å². The van der Waals surface area contributed by atoms with Crippen molar-refractivity contribution in [1.29, 1.82) is 0 Å². The SMILES string of the molecule is C[C@]12CCC3(CC1CC[C@@H]1[C@@H]2CC[C@]2(C)C(=O)CC[C@@H]12)c1ccc(O)cc13. The molecule has 0 saturated heterocycles. The molecule has 1 aromatic carbocycles. The molecule has 1 aromatic rings. The monoisotopic (exact) mass is 364 g/mol. The van der Waals surface area contributed by atoms with Gasteiger partial charge in [0.2, 0.25) is 0 Å². The molecule has 0 bridgehead atoms. The molecule has 2 heteroatoms. The molecular weight excluding hydrogens is 332 g/mol. The molecule has 27 heavy (non-hydrogen) atoms. The molecule has 2 unspecified atom stereocenters. The zero-order valence-corrected chi connectivity index (χ0v) is 16.8. The Kier molecular flexibility index (Phi) is 3.07. The number of phenols is 1. The lowest BCUT2D eigenvalue weighted by Gasteiger charge is -2.60. The number of carbonyl (C=O) groups excluding carboxylic acids is 1. The van der Waals surface area contributed by atoms with Crippen LogP contribution in [0.2, 0.25) is 0 Å². The van der Waals surface area contributed by atoms with Crippen LogP contribution in [0.25, 0.3) is 0 Å². The fraction of sp³-hybridized carbons (Fsp3) is 0.720. The van der Waals surface area contributed by atoms with Gasteiger partial charge in [-0.1, -0.05) is 19.9 Å². The lowest BCUT2D eigenvalue weighted by atomic mass is 9.44. The second kappa shape index (κ2) is 4.99. The smallest absolute Gasteiger partial charge is 0.139 e. The highest BCUT2D eigenvalue weighted by Gasteiger charge is 2.64. The average Bonchev–Trinajstić information content (AvgIpc) is 3.12. The van der Waals surface area contributed by atoms with Gasteiger partial charge in [-0.3, -0.25) is 4.79 Å². The summed E-state index contributed by atoms with van der Waals surface area (Å²) in [6.07, 6.45) is 11.0. The summed E-state index contributed by atoms with van der Waals surface area (Å²) in [4.78, 5) is 12.6. The van der Waals surface area contributed by atoms with Crippen LogP contribution in [-0.2, 0) is 10.2 Å². The van der Waals surface area contributed by atoms with Crippen molar-refractivity contribution in [2.24, 2.45) is 34.5 Å². The molecule has 1 N–H and O–H groups in total. The summed E-state index contributed by atoms with van der Waals surface area (Å²) in [6.45, 7) is 4.89. The van der Waals surface area contributed by atoms with Gasteiger partial charge >= 0.3 is 0 Å². The number of carbonyl (C=O) groups is 1. The van der Waals surface area contributed by atoms with E-state index in [0.29, 0.717) is 28.3 Å². The summed E-state index contributed by atoms with van der Waals surface area (Å²) in [6, 6.07) is 6.08. The van der Waals surface area contributed by atoms with Gasteiger partial charge in [0.05, 0.1) is 0 Å². The van der Waals surface area contributed by atoms with Gasteiger partial charge in [0.25, 0.3) is 0 Å². The van der Waals surface area contributed by atoms with E-state index < -0.39 is 0 Å². The van der Waals surface area contributed by atoms with Crippen molar-refractivity contribution < 1.29 is 9.90 Å². The van der Waals surface area contributed by atoms with E-state index in [9.17, 15) is 9.90 Å². The number of benzene rings is 1. The first-order valence-corrected chi connectivity index (χ1v) is 11.3. The number of Topliss-reactive ketones (excluding diaryl/α,β-unsaturated/α-hetero) is 1. The van der Waals surface area contributed by atoms with Crippen LogP contribution >= 0.6 is 0 Å². The van der Waals surface area contributed by atoms with E-state index in [1.54, 1.807) is 0 Å². The standard InChI is InChI=1S/C25H32O2/c1-23-11-12-25(20-6-4-16(26)13-21(20)25)14-15(23)3-5-17-18-7-8-22(27)24(18,2)10-9-19(17)23/h4,6,13,15,17-19,26H,3,5,7-12,14H2,1-2H3/t15?,17-,18-,19-,23-,24-,25?/m0/s1. The Labute approximate surface area is 162 Å². The van der Waals surface area contributed by atoms with Gasteiger partial charge in [-0.15, -0.1) is 0 Å². The van der Waals surface area contributed by atoms with Crippen molar-refractivity contribution in [3.8, 4) is 5.75 Å². The van der Waals surface area contributed by atoms with Crippen LogP contribution in [0.1, 0.15) is 82.8 Å². The number of aromatic hydroxyl groups is 1. The molecule has 7 atom stereocenters. The Hall–Kier alpha value is -1.31. The molecule has 0 aliphatic heterocycles. The molecule has 0 aromatic heterocycles. The van der Waals surface area contributed by atoms with E-state index in [1.165, 1.54) is 49.7 Å². The van der Waals surface area contributed by atoms with Crippen LogP contribution in [0, 0.1) is 34.5 Å². The Morgan fingerprint density at radius 3 is 2.63 bits per heavy atom. The fourth-order valence-electron chi connectivity index (χ4n) is 8.76. The van der Waals surface area contributed by atoms with Gasteiger partial charge in [0, 0.05) is 17.3 Å². The number of fused-ring (bicyclic) bond motifs is 8. The van der Waals surface area contributed by atoms with E-state index in [4.69, 9.17) is 0 Å². The van der Waals surface area contributed by atoms with Gasteiger partial charge in [-0.2, -0.15) is 0 Å². The molecule has 6 rings (SSSR count). The molecule has 2 nitrogen and oxygen atoms in total. The zero-order chi connectivity index (χ0) is 18.6. The van der Waals surface area contributed by atoms with Crippen LogP contribution in [0.15, 0.2) is 18.2 Å². The van der Waals surface area contributed by atoms with E-state index in [2.05, 4.69) is 19.9 Å². The molecule has 1 spiro atoms. The number of ketones is 1. The van der Waals surface area contributed by atoms with Gasteiger partial charge in [-0.05, 0) is 104 Å². The van der Waals surface area contributed by atoms with Gasteiger partial charge in [0.15, 0.2) is 0 Å². The first-order chi connectivity index (χ1) is 12.9. The Morgan fingerprint density at radius 1 is 0.963 bits per heavy atom. The molecular formula is C25H32O2. The van der Waals surface area contributed by atoms with E-state index in [0.717, 1.165) is 37.0 Å².